The molecule has 0 aliphatic carbocycles. The summed E-state index contributed by atoms with van der Waals surface area (Å²) in [6, 6.07) is 6.27. The van der Waals surface area contributed by atoms with E-state index in [0.29, 0.717) is 19.6 Å². The molecule has 0 saturated carbocycles. The van der Waals surface area contributed by atoms with E-state index in [1.165, 1.54) is 11.1 Å². The summed E-state index contributed by atoms with van der Waals surface area (Å²) in [5.41, 5.74) is 3.55. The van der Waals surface area contributed by atoms with Crippen LogP contribution in [0.15, 0.2) is 18.2 Å². The quantitative estimate of drug-likeness (QED) is 0.838. The molecule has 4 nitrogen and oxygen atoms in total. The van der Waals surface area contributed by atoms with Crippen LogP contribution in [0.4, 0.5) is 0 Å². The highest BCUT2D eigenvalue weighted by molar-refractivity contribution is 5.79. The van der Waals surface area contributed by atoms with Gasteiger partial charge in [-0.15, -0.1) is 0 Å². The summed E-state index contributed by atoms with van der Waals surface area (Å²) in [5, 5.41) is 0. The maximum Gasteiger partial charge on any atom is 0.227 e. The second-order valence-electron chi connectivity index (χ2n) is 6.10. The van der Waals surface area contributed by atoms with Crippen LogP contribution in [0.25, 0.3) is 0 Å². The number of likely N-dealkylation sites (tertiary alicyclic amines) is 1. The minimum Gasteiger partial charge on any atom is -0.347 e. The van der Waals surface area contributed by atoms with E-state index in [2.05, 4.69) is 32.0 Å². The molecular weight excluding hydrogens is 266 g/mol. The van der Waals surface area contributed by atoms with Gasteiger partial charge in [0.05, 0.1) is 19.6 Å². The molecule has 4 heteroatoms. The Morgan fingerprint density at radius 2 is 1.86 bits per heavy atom. The average molecular weight is 289 g/mol. The first-order chi connectivity index (χ1) is 10.1. The predicted molar refractivity (Wildman–Crippen MR) is 80.1 cm³/mol. The lowest BCUT2D eigenvalue weighted by molar-refractivity contribution is -0.187. The van der Waals surface area contributed by atoms with Gasteiger partial charge in [0.1, 0.15) is 0 Å². The standard InChI is InChI=1S/C17H23NO3/c1-13-3-4-15(14(2)11-13)12-16(19)18-7-5-17(6-8-18)20-9-10-21-17/h3-4,11H,5-10,12H2,1-2H3. The largest absolute Gasteiger partial charge is 0.347 e. The number of aryl methyl sites for hydroxylation is 2. The zero-order valence-electron chi connectivity index (χ0n) is 12.9. The van der Waals surface area contributed by atoms with Crippen LogP contribution >= 0.6 is 0 Å². The molecule has 2 aliphatic heterocycles. The first-order valence-corrected chi connectivity index (χ1v) is 7.70. The Bertz CT molecular complexity index is 525. The summed E-state index contributed by atoms with van der Waals surface area (Å²) in [6.07, 6.45) is 2.05. The Labute approximate surface area is 126 Å². The highest BCUT2D eigenvalue weighted by Gasteiger charge is 2.40. The number of nitrogens with zero attached hydrogens (tertiary/aromatic N) is 1. The molecule has 0 aromatic heterocycles. The summed E-state index contributed by atoms with van der Waals surface area (Å²) in [6.45, 7) is 6.95. The van der Waals surface area contributed by atoms with Crippen LogP contribution in [0.5, 0.6) is 0 Å². The number of carbonyl (C=O) groups excluding carboxylic acids is 1. The molecule has 2 fully saturated rings. The van der Waals surface area contributed by atoms with Crippen molar-refractivity contribution in [1.82, 2.24) is 4.90 Å². The predicted octanol–water partition coefficient (Wildman–Crippen LogP) is 2.21. The zero-order chi connectivity index (χ0) is 14.9. The summed E-state index contributed by atoms with van der Waals surface area (Å²) in [7, 11) is 0. The van der Waals surface area contributed by atoms with Crippen molar-refractivity contribution in [3.05, 3.63) is 34.9 Å². The van der Waals surface area contributed by atoms with E-state index in [9.17, 15) is 4.79 Å². The monoisotopic (exact) mass is 289 g/mol. The lowest BCUT2D eigenvalue weighted by atomic mass is 10.00. The van der Waals surface area contributed by atoms with E-state index in [1.807, 2.05) is 4.90 Å². The first kappa shape index (κ1) is 14.5. The van der Waals surface area contributed by atoms with E-state index in [1.54, 1.807) is 0 Å². The van der Waals surface area contributed by atoms with Crippen LogP contribution in [0.1, 0.15) is 29.5 Å². The first-order valence-electron chi connectivity index (χ1n) is 7.70. The van der Waals surface area contributed by atoms with Crippen LogP contribution in [-0.4, -0.2) is 42.9 Å². The number of hydrogen-bond donors (Lipinski definition) is 0. The van der Waals surface area contributed by atoms with Crippen molar-refractivity contribution in [1.29, 1.82) is 0 Å². The smallest absolute Gasteiger partial charge is 0.227 e. The molecule has 1 aromatic rings. The molecule has 21 heavy (non-hydrogen) atoms. The number of rotatable bonds is 2. The van der Waals surface area contributed by atoms with Crippen LogP contribution in [0.3, 0.4) is 0 Å². The number of benzene rings is 1. The third-order valence-electron chi connectivity index (χ3n) is 4.53. The third kappa shape index (κ3) is 3.11. The molecule has 2 saturated heterocycles. The number of hydrogen-bond acceptors (Lipinski definition) is 3. The Morgan fingerprint density at radius 1 is 1.19 bits per heavy atom. The van der Waals surface area contributed by atoms with Crippen molar-refractivity contribution in [3.63, 3.8) is 0 Å². The summed E-state index contributed by atoms with van der Waals surface area (Å²) in [5.74, 6) is -0.203. The van der Waals surface area contributed by atoms with Crippen molar-refractivity contribution in [2.75, 3.05) is 26.3 Å². The van der Waals surface area contributed by atoms with Crippen molar-refractivity contribution in [2.24, 2.45) is 0 Å². The third-order valence-corrected chi connectivity index (χ3v) is 4.53. The Morgan fingerprint density at radius 3 is 2.48 bits per heavy atom. The molecule has 0 bridgehead atoms. The molecule has 3 rings (SSSR count). The molecule has 0 atom stereocenters. The van der Waals surface area contributed by atoms with Crippen LogP contribution in [0.2, 0.25) is 0 Å². The van der Waals surface area contributed by atoms with E-state index in [-0.39, 0.29) is 5.91 Å². The second kappa shape index (κ2) is 5.78. The van der Waals surface area contributed by atoms with Crippen LogP contribution in [0, 0.1) is 13.8 Å². The number of carbonyl (C=O) groups is 1. The van der Waals surface area contributed by atoms with Crippen molar-refractivity contribution in [3.8, 4) is 0 Å². The van der Waals surface area contributed by atoms with Gasteiger partial charge >= 0.3 is 0 Å². The normalized spacial score (nSPS) is 21.0. The SMILES string of the molecule is Cc1ccc(CC(=O)N2CCC3(CC2)OCCO3)c(C)c1. The van der Waals surface area contributed by atoms with E-state index in [0.717, 1.165) is 31.5 Å². The lowest BCUT2D eigenvalue weighted by Crippen LogP contribution is -2.47. The summed E-state index contributed by atoms with van der Waals surface area (Å²) >= 11 is 0. The molecule has 0 radical (unpaired) electrons. The Kier molecular flexibility index (Phi) is 4.00. The molecular formula is C17H23NO3. The second-order valence-corrected chi connectivity index (χ2v) is 6.10. The topological polar surface area (TPSA) is 38.8 Å². The molecule has 0 N–H and O–H groups in total. The van der Waals surface area contributed by atoms with Gasteiger partial charge in [-0.2, -0.15) is 0 Å². The maximum atomic E-state index is 12.5. The molecule has 114 valence electrons. The minimum atomic E-state index is -0.406. The number of piperidine rings is 1. The summed E-state index contributed by atoms with van der Waals surface area (Å²) in [4.78, 5) is 14.4. The highest BCUT2D eigenvalue weighted by Crippen LogP contribution is 2.31. The van der Waals surface area contributed by atoms with Gasteiger partial charge in [0.2, 0.25) is 5.91 Å². The minimum absolute atomic E-state index is 0.204. The van der Waals surface area contributed by atoms with Gasteiger partial charge < -0.3 is 14.4 Å². The number of ether oxygens (including phenoxy) is 2. The van der Waals surface area contributed by atoms with Gasteiger partial charge in [-0.25, -0.2) is 0 Å². The van der Waals surface area contributed by atoms with Gasteiger partial charge in [0.25, 0.3) is 0 Å². The molecule has 1 spiro atoms. The maximum absolute atomic E-state index is 12.5. The molecule has 1 aromatic carbocycles. The fraction of sp³-hybridized carbons (Fsp3) is 0.588. The number of amides is 1. The van der Waals surface area contributed by atoms with Crippen LogP contribution < -0.4 is 0 Å². The Hall–Kier alpha value is -1.39. The van der Waals surface area contributed by atoms with Crippen molar-refractivity contribution in [2.45, 2.75) is 38.9 Å². The van der Waals surface area contributed by atoms with Gasteiger partial charge in [-0.3, -0.25) is 4.79 Å². The summed E-state index contributed by atoms with van der Waals surface area (Å²) < 4.78 is 11.4. The van der Waals surface area contributed by atoms with E-state index < -0.39 is 5.79 Å². The zero-order valence-corrected chi connectivity index (χ0v) is 12.9. The molecule has 2 heterocycles. The van der Waals surface area contributed by atoms with Gasteiger partial charge in [0.15, 0.2) is 5.79 Å². The van der Waals surface area contributed by atoms with Crippen molar-refractivity contribution >= 4 is 5.91 Å². The van der Waals surface area contributed by atoms with Gasteiger partial charge in [0, 0.05) is 25.9 Å². The lowest BCUT2D eigenvalue weighted by Gasteiger charge is -2.37. The van der Waals surface area contributed by atoms with Gasteiger partial charge in [-0.05, 0) is 25.0 Å². The average Bonchev–Trinajstić information content (AvgIpc) is 2.91. The highest BCUT2D eigenvalue weighted by atomic mass is 16.7. The fourth-order valence-corrected chi connectivity index (χ4v) is 3.20. The molecule has 2 aliphatic rings. The fourth-order valence-electron chi connectivity index (χ4n) is 3.20. The van der Waals surface area contributed by atoms with E-state index in [4.69, 9.17) is 9.47 Å². The molecule has 0 unspecified atom stereocenters. The van der Waals surface area contributed by atoms with Gasteiger partial charge in [-0.1, -0.05) is 23.8 Å². The van der Waals surface area contributed by atoms with Crippen molar-refractivity contribution < 1.29 is 14.3 Å². The molecule has 1 amide bonds. The van der Waals surface area contributed by atoms with Crippen LogP contribution in [-0.2, 0) is 20.7 Å². The Balaban J connectivity index is 1.59. The van der Waals surface area contributed by atoms with E-state index >= 15 is 0 Å².